The maximum Gasteiger partial charge on any atom is 0.209 e. The SMILES string of the molecule is C=C/C=C/CCCCCCCCCCCCCCOc1ccc(O)c(/C=C/C2=[N+](C)c3ccccc3C2(C)C)c1. The number of fused-ring (bicyclic) bond motifs is 1. The summed E-state index contributed by atoms with van der Waals surface area (Å²) in [6.07, 6.45) is 27.3. The van der Waals surface area contributed by atoms with Crippen LogP contribution >= 0.6 is 0 Å². The largest absolute Gasteiger partial charge is 0.507 e. The van der Waals surface area contributed by atoms with Gasteiger partial charge in [-0.15, -0.1) is 0 Å². The first-order chi connectivity index (χ1) is 19.4. The molecule has 0 fully saturated rings. The van der Waals surface area contributed by atoms with E-state index in [9.17, 15) is 5.11 Å². The highest BCUT2D eigenvalue weighted by molar-refractivity contribution is 6.05. The first-order valence-electron chi connectivity index (χ1n) is 15.6. The number of nitrogens with zero attached hydrogens (tertiary/aromatic N) is 1. The minimum atomic E-state index is -0.0886. The smallest absolute Gasteiger partial charge is 0.209 e. The van der Waals surface area contributed by atoms with Crippen LogP contribution in [0, 0.1) is 0 Å². The van der Waals surface area contributed by atoms with E-state index in [4.69, 9.17) is 4.74 Å². The Labute approximate surface area is 244 Å². The van der Waals surface area contributed by atoms with Crippen LogP contribution in [0.1, 0.15) is 108 Å². The number of hydrogen-bond acceptors (Lipinski definition) is 2. The van der Waals surface area contributed by atoms with Crippen LogP contribution < -0.4 is 4.74 Å². The van der Waals surface area contributed by atoms with Gasteiger partial charge < -0.3 is 9.84 Å². The third-order valence-electron chi connectivity index (χ3n) is 8.17. The van der Waals surface area contributed by atoms with Gasteiger partial charge in [-0.25, -0.2) is 0 Å². The van der Waals surface area contributed by atoms with Gasteiger partial charge in [0.15, 0.2) is 5.71 Å². The minimum absolute atomic E-state index is 0.0886. The van der Waals surface area contributed by atoms with Crippen LogP contribution in [0.5, 0.6) is 11.5 Å². The molecule has 0 unspecified atom stereocenters. The predicted octanol–water partition coefficient (Wildman–Crippen LogP) is 10.3. The quantitative estimate of drug-likeness (QED) is 0.109. The maximum atomic E-state index is 10.5. The summed E-state index contributed by atoms with van der Waals surface area (Å²) < 4.78 is 8.28. The molecule has 3 rings (SSSR count). The summed E-state index contributed by atoms with van der Waals surface area (Å²) in [7, 11) is 2.11. The number of hydrogen-bond donors (Lipinski definition) is 1. The predicted molar refractivity (Wildman–Crippen MR) is 172 cm³/mol. The zero-order valence-corrected chi connectivity index (χ0v) is 25.3. The van der Waals surface area contributed by atoms with Crippen molar-refractivity contribution < 1.29 is 14.4 Å². The summed E-state index contributed by atoms with van der Waals surface area (Å²) in [4.78, 5) is 0. The molecule has 3 heteroatoms. The first-order valence-corrected chi connectivity index (χ1v) is 15.6. The molecule has 0 aromatic heterocycles. The normalized spacial score (nSPS) is 14.4. The Balaban J connectivity index is 1.29. The van der Waals surface area contributed by atoms with Gasteiger partial charge in [0.25, 0.3) is 0 Å². The lowest BCUT2D eigenvalue weighted by molar-refractivity contribution is -0.401. The second-order valence-electron chi connectivity index (χ2n) is 11.7. The molecule has 0 amide bonds. The molecule has 0 bridgehead atoms. The van der Waals surface area contributed by atoms with Gasteiger partial charge >= 0.3 is 0 Å². The summed E-state index contributed by atoms with van der Waals surface area (Å²) in [5.74, 6) is 1.09. The van der Waals surface area contributed by atoms with Gasteiger partial charge in [0.2, 0.25) is 5.69 Å². The van der Waals surface area contributed by atoms with Crippen LogP contribution in [0.3, 0.4) is 0 Å². The summed E-state index contributed by atoms with van der Waals surface area (Å²) in [5.41, 5.74) is 4.47. The van der Waals surface area contributed by atoms with E-state index in [0.29, 0.717) is 0 Å². The van der Waals surface area contributed by atoms with Crippen molar-refractivity contribution >= 4 is 17.5 Å². The van der Waals surface area contributed by atoms with E-state index in [1.54, 1.807) is 6.07 Å². The van der Waals surface area contributed by atoms with Gasteiger partial charge in [0.05, 0.1) is 12.0 Å². The van der Waals surface area contributed by atoms with Gasteiger partial charge in [-0.2, -0.15) is 4.58 Å². The van der Waals surface area contributed by atoms with E-state index in [1.165, 1.54) is 94.0 Å². The molecule has 0 saturated carbocycles. The van der Waals surface area contributed by atoms with Gasteiger partial charge in [0.1, 0.15) is 18.5 Å². The summed E-state index contributed by atoms with van der Waals surface area (Å²) in [6, 6.07) is 14.1. The number of phenols is 1. The van der Waals surface area contributed by atoms with Crippen LogP contribution in [-0.2, 0) is 5.41 Å². The van der Waals surface area contributed by atoms with Crippen molar-refractivity contribution in [1.29, 1.82) is 0 Å². The summed E-state index contributed by atoms with van der Waals surface area (Å²) in [6.45, 7) is 8.93. The highest BCUT2D eigenvalue weighted by atomic mass is 16.5. The average Bonchev–Trinajstić information content (AvgIpc) is 3.15. The molecule has 2 aromatic carbocycles. The molecular formula is C37H52NO2+. The Bertz CT molecular complexity index is 1150. The van der Waals surface area contributed by atoms with Crippen LogP contribution in [0.25, 0.3) is 6.08 Å². The van der Waals surface area contributed by atoms with E-state index >= 15 is 0 Å². The molecule has 2 aromatic rings. The Morgan fingerprint density at radius 1 is 0.825 bits per heavy atom. The van der Waals surface area contributed by atoms with Crippen molar-refractivity contribution in [1.82, 2.24) is 0 Å². The fourth-order valence-electron chi connectivity index (χ4n) is 5.74. The van der Waals surface area contributed by atoms with Gasteiger partial charge in [-0.3, -0.25) is 0 Å². The third kappa shape index (κ3) is 9.54. The lowest BCUT2D eigenvalue weighted by Gasteiger charge is -2.15. The fraction of sp³-hybridized carbons (Fsp3) is 0.486. The van der Waals surface area contributed by atoms with Crippen molar-refractivity contribution in [2.45, 2.75) is 103 Å². The summed E-state index contributed by atoms with van der Waals surface area (Å²) >= 11 is 0. The number of allylic oxidation sites excluding steroid dienone is 4. The monoisotopic (exact) mass is 542 g/mol. The Hall–Kier alpha value is -3.07. The molecule has 1 aliphatic heterocycles. The molecule has 40 heavy (non-hydrogen) atoms. The van der Waals surface area contributed by atoms with Gasteiger partial charge in [-0.1, -0.05) is 107 Å². The lowest BCUT2D eigenvalue weighted by Crippen LogP contribution is -2.26. The lowest BCUT2D eigenvalue weighted by atomic mass is 9.81. The highest BCUT2D eigenvalue weighted by Crippen LogP contribution is 2.39. The van der Waals surface area contributed by atoms with Crippen LogP contribution in [-0.4, -0.2) is 29.0 Å². The van der Waals surface area contributed by atoms with E-state index in [1.807, 2.05) is 30.4 Å². The molecule has 1 heterocycles. The van der Waals surface area contributed by atoms with E-state index in [2.05, 4.69) is 68.5 Å². The second-order valence-corrected chi connectivity index (χ2v) is 11.7. The number of phenolic OH excluding ortho intramolecular Hbond substituents is 1. The van der Waals surface area contributed by atoms with Crippen molar-refractivity contribution in [3.05, 3.63) is 84.5 Å². The minimum Gasteiger partial charge on any atom is -0.507 e. The highest BCUT2D eigenvalue weighted by Gasteiger charge is 2.42. The van der Waals surface area contributed by atoms with Crippen molar-refractivity contribution in [2.24, 2.45) is 0 Å². The second kappa shape index (κ2) is 16.9. The number of unbranched alkanes of at least 4 members (excludes halogenated alkanes) is 12. The Morgan fingerprint density at radius 3 is 2.10 bits per heavy atom. The molecule has 3 nitrogen and oxygen atoms in total. The zero-order valence-electron chi connectivity index (χ0n) is 25.3. The summed E-state index contributed by atoms with van der Waals surface area (Å²) in [5, 5.41) is 10.5. The molecule has 1 aliphatic rings. The molecule has 0 saturated heterocycles. The molecule has 0 radical (unpaired) electrons. The number of para-hydroxylation sites is 1. The Morgan fingerprint density at radius 2 is 1.45 bits per heavy atom. The first kappa shape index (κ1) is 31.5. The molecule has 1 N–H and O–H groups in total. The molecular weight excluding hydrogens is 490 g/mol. The van der Waals surface area contributed by atoms with Crippen LogP contribution in [0.2, 0.25) is 0 Å². The van der Waals surface area contributed by atoms with Crippen molar-refractivity contribution in [2.75, 3.05) is 13.7 Å². The van der Waals surface area contributed by atoms with Gasteiger partial charge in [-0.05, 0) is 57.4 Å². The van der Waals surface area contributed by atoms with Gasteiger partial charge in [0, 0.05) is 23.3 Å². The Kier molecular flexibility index (Phi) is 13.3. The van der Waals surface area contributed by atoms with E-state index in [-0.39, 0.29) is 11.2 Å². The van der Waals surface area contributed by atoms with Crippen molar-refractivity contribution in [3.63, 3.8) is 0 Å². The zero-order chi connectivity index (χ0) is 28.6. The maximum absolute atomic E-state index is 10.5. The number of rotatable bonds is 19. The fourth-order valence-corrected chi connectivity index (χ4v) is 5.74. The standard InChI is InChI=1S/C37H51NO2/c1-5-6-7-8-9-10-11-12-13-14-15-16-17-18-19-22-29-40-32-26-27-35(39)31(30-32)25-28-36-37(2,3)33-23-20-21-24-34(33)38(36)4/h5-7,20-21,23-28,30H,1,8-19,22,29H2,2-4H3/p+1/b7-6+. The molecule has 0 spiro atoms. The van der Waals surface area contributed by atoms with Crippen molar-refractivity contribution in [3.8, 4) is 11.5 Å². The molecule has 0 aliphatic carbocycles. The van der Waals surface area contributed by atoms with E-state index < -0.39 is 0 Å². The van der Waals surface area contributed by atoms with Crippen LogP contribution in [0.4, 0.5) is 5.69 Å². The third-order valence-corrected chi connectivity index (χ3v) is 8.17. The molecule has 216 valence electrons. The number of ether oxygens (including phenoxy) is 1. The van der Waals surface area contributed by atoms with Crippen LogP contribution in [0.15, 0.2) is 73.3 Å². The average molecular weight is 543 g/mol. The molecule has 0 atom stereocenters. The number of aromatic hydroxyl groups is 1. The number of benzene rings is 2. The van der Waals surface area contributed by atoms with E-state index in [0.717, 1.165) is 24.3 Å². The topological polar surface area (TPSA) is 32.5 Å².